The van der Waals surface area contributed by atoms with Crippen molar-refractivity contribution >= 4 is 17.4 Å². The van der Waals surface area contributed by atoms with Crippen LogP contribution < -0.4 is 4.90 Å². The van der Waals surface area contributed by atoms with Crippen molar-refractivity contribution in [2.75, 3.05) is 18.1 Å². The van der Waals surface area contributed by atoms with Crippen molar-refractivity contribution < 1.29 is 9.50 Å². The minimum Gasteiger partial charge on any atom is -0.395 e. The van der Waals surface area contributed by atoms with E-state index in [1.165, 1.54) is 0 Å². The SMILES string of the molecule is OCCN(Cc1ccccc1)c1nc(Cl)ncc1F. The molecule has 0 atom stereocenters. The monoisotopic (exact) mass is 281 g/mol. The number of hydrogen-bond acceptors (Lipinski definition) is 4. The van der Waals surface area contributed by atoms with Gasteiger partial charge in [-0.25, -0.2) is 9.37 Å². The van der Waals surface area contributed by atoms with E-state index in [2.05, 4.69) is 9.97 Å². The molecule has 0 unspecified atom stereocenters. The molecule has 0 spiro atoms. The normalized spacial score (nSPS) is 10.5. The molecule has 0 saturated carbocycles. The Balaban J connectivity index is 2.27. The van der Waals surface area contributed by atoms with Crippen molar-refractivity contribution in [2.45, 2.75) is 6.54 Å². The molecule has 100 valence electrons. The first-order chi connectivity index (χ1) is 9.20. The third kappa shape index (κ3) is 3.62. The molecule has 0 radical (unpaired) electrons. The summed E-state index contributed by atoms with van der Waals surface area (Å²) in [5.74, 6) is -0.466. The van der Waals surface area contributed by atoms with Crippen molar-refractivity contribution in [1.29, 1.82) is 0 Å². The van der Waals surface area contributed by atoms with E-state index < -0.39 is 5.82 Å². The molecule has 0 bridgehead atoms. The summed E-state index contributed by atoms with van der Waals surface area (Å²) in [4.78, 5) is 9.08. The van der Waals surface area contributed by atoms with Gasteiger partial charge >= 0.3 is 0 Å². The minimum atomic E-state index is -0.561. The van der Waals surface area contributed by atoms with Crippen LogP contribution in [0, 0.1) is 5.82 Å². The summed E-state index contributed by atoms with van der Waals surface area (Å²) < 4.78 is 13.7. The van der Waals surface area contributed by atoms with E-state index in [0.29, 0.717) is 6.54 Å². The molecule has 19 heavy (non-hydrogen) atoms. The number of aliphatic hydroxyl groups is 1. The van der Waals surface area contributed by atoms with Gasteiger partial charge in [-0.05, 0) is 17.2 Å². The largest absolute Gasteiger partial charge is 0.395 e. The lowest BCUT2D eigenvalue weighted by Gasteiger charge is -2.23. The lowest BCUT2D eigenvalue weighted by atomic mass is 10.2. The number of aromatic nitrogens is 2. The molecule has 0 aliphatic carbocycles. The Morgan fingerprint density at radius 1 is 1.26 bits per heavy atom. The standard InChI is InChI=1S/C13H13ClFN3O/c14-13-16-8-11(15)12(17-13)18(6-7-19)9-10-4-2-1-3-5-10/h1-5,8,19H,6-7,9H2. The Bertz CT molecular complexity index is 539. The minimum absolute atomic E-state index is 0.0209. The highest BCUT2D eigenvalue weighted by Crippen LogP contribution is 2.19. The molecule has 0 aliphatic rings. The highest BCUT2D eigenvalue weighted by atomic mass is 35.5. The number of aliphatic hydroxyl groups excluding tert-OH is 1. The Hall–Kier alpha value is -1.72. The number of halogens is 2. The summed E-state index contributed by atoms with van der Waals surface area (Å²) in [6, 6.07) is 9.55. The summed E-state index contributed by atoms with van der Waals surface area (Å²) in [6.45, 7) is 0.596. The Morgan fingerprint density at radius 2 is 2.00 bits per heavy atom. The van der Waals surface area contributed by atoms with E-state index >= 15 is 0 Å². The molecular weight excluding hydrogens is 269 g/mol. The predicted octanol–water partition coefficient (Wildman–Crippen LogP) is 2.27. The quantitative estimate of drug-likeness (QED) is 0.854. The van der Waals surface area contributed by atoms with Crippen molar-refractivity contribution in [1.82, 2.24) is 9.97 Å². The van der Waals surface area contributed by atoms with Crippen LogP contribution in [0.15, 0.2) is 36.5 Å². The number of hydrogen-bond donors (Lipinski definition) is 1. The van der Waals surface area contributed by atoms with Crippen LogP contribution in [-0.2, 0) is 6.54 Å². The maximum absolute atomic E-state index is 13.7. The predicted molar refractivity (Wildman–Crippen MR) is 71.6 cm³/mol. The van der Waals surface area contributed by atoms with Gasteiger partial charge in [-0.15, -0.1) is 0 Å². The maximum Gasteiger partial charge on any atom is 0.224 e. The second-order valence-electron chi connectivity index (χ2n) is 3.94. The fraction of sp³-hybridized carbons (Fsp3) is 0.231. The Morgan fingerprint density at radius 3 is 2.68 bits per heavy atom. The fourth-order valence-electron chi connectivity index (χ4n) is 1.74. The first kappa shape index (κ1) is 13.7. The van der Waals surface area contributed by atoms with Gasteiger partial charge in [0.2, 0.25) is 5.28 Å². The van der Waals surface area contributed by atoms with E-state index in [1.54, 1.807) is 4.90 Å². The van der Waals surface area contributed by atoms with E-state index in [1.807, 2.05) is 30.3 Å². The molecule has 4 nitrogen and oxygen atoms in total. The first-order valence-electron chi connectivity index (χ1n) is 5.78. The van der Waals surface area contributed by atoms with Crippen LogP contribution in [0.4, 0.5) is 10.2 Å². The van der Waals surface area contributed by atoms with Crippen molar-refractivity contribution in [3.8, 4) is 0 Å². The van der Waals surface area contributed by atoms with Gasteiger partial charge in [0.05, 0.1) is 12.8 Å². The van der Waals surface area contributed by atoms with Crippen LogP contribution in [0.2, 0.25) is 5.28 Å². The Labute approximate surface area is 115 Å². The van der Waals surface area contributed by atoms with E-state index in [9.17, 15) is 4.39 Å². The summed E-state index contributed by atoms with van der Waals surface area (Å²) in [5, 5.41) is 9.07. The summed E-state index contributed by atoms with van der Waals surface area (Å²) in [7, 11) is 0. The van der Waals surface area contributed by atoms with Crippen LogP contribution in [0.25, 0.3) is 0 Å². The summed E-state index contributed by atoms with van der Waals surface area (Å²) in [6.07, 6.45) is 1.03. The molecule has 0 amide bonds. The molecule has 2 rings (SSSR count). The summed E-state index contributed by atoms with van der Waals surface area (Å²) in [5.41, 5.74) is 0.991. The first-order valence-corrected chi connectivity index (χ1v) is 6.16. The molecule has 2 aromatic rings. The van der Waals surface area contributed by atoms with Gasteiger partial charge in [0.25, 0.3) is 0 Å². The van der Waals surface area contributed by atoms with E-state index in [0.717, 1.165) is 11.8 Å². The zero-order chi connectivity index (χ0) is 13.7. The fourth-order valence-corrected chi connectivity index (χ4v) is 1.87. The van der Waals surface area contributed by atoms with Gasteiger partial charge in [0.15, 0.2) is 11.6 Å². The molecule has 0 fully saturated rings. The van der Waals surface area contributed by atoms with Gasteiger partial charge in [-0.2, -0.15) is 4.98 Å². The lowest BCUT2D eigenvalue weighted by molar-refractivity contribution is 0.300. The van der Waals surface area contributed by atoms with Crippen LogP contribution in [0.1, 0.15) is 5.56 Å². The van der Waals surface area contributed by atoms with Gasteiger partial charge < -0.3 is 10.0 Å². The zero-order valence-electron chi connectivity index (χ0n) is 10.1. The Kier molecular flexibility index (Phi) is 4.65. The van der Waals surface area contributed by atoms with Crippen molar-refractivity contribution in [3.63, 3.8) is 0 Å². The average molecular weight is 282 g/mol. The van der Waals surface area contributed by atoms with Gasteiger partial charge in [-0.1, -0.05) is 30.3 Å². The lowest BCUT2D eigenvalue weighted by Crippen LogP contribution is -2.28. The number of benzene rings is 1. The zero-order valence-corrected chi connectivity index (χ0v) is 10.9. The van der Waals surface area contributed by atoms with Crippen LogP contribution in [0.3, 0.4) is 0 Å². The molecule has 6 heteroatoms. The van der Waals surface area contributed by atoms with Gasteiger partial charge in [0.1, 0.15) is 0 Å². The van der Waals surface area contributed by atoms with Crippen LogP contribution in [0.5, 0.6) is 0 Å². The third-order valence-electron chi connectivity index (χ3n) is 2.58. The molecule has 0 saturated heterocycles. The average Bonchev–Trinajstić information content (AvgIpc) is 2.42. The second-order valence-corrected chi connectivity index (χ2v) is 4.28. The topological polar surface area (TPSA) is 49.2 Å². The number of nitrogens with zero attached hydrogens (tertiary/aromatic N) is 3. The number of rotatable bonds is 5. The maximum atomic E-state index is 13.7. The van der Waals surface area contributed by atoms with E-state index in [4.69, 9.17) is 16.7 Å². The third-order valence-corrected chi connectivity index (χ3v) is 2.76. The molecular formula is C13H13ClFN3O. The van der Waals surface area contributed by atoms with Gasteiger partial charge in [-0.3, -0.25) is 0 Å². The smallest absolute Gasteiger partial charge is 0.224 e. The summed E-state index contributed by atoms with van der Waals surface area (Å²) >= 11 is 5.69. The van der Waals surface area contributed by atoms with E-state index in [-0.39, 0.29) is 24.3 Å². The molecule has 1 aromatic carbocycles. The highest BCUT2D eigenvalue weighted by molar-refractivity contribution is 6.28. The molecule has 1 aromatic heterocycles. The van der Waals surface area contributed by atoms with Crippen LogP contribution in [-0.4, -0.2) is 28.2 Å². The molecule has 1 heterocycles. The molecule has 0 aliphatic heterocycles. The molecule has 1 N–H and O–H groups in total. The van der Waals surface area contributed by atoms with Crippen molar-refractivity contribution in [2.24, 2.45) is 0 Å². The second kappa shape index (κ2) is 6.45. The number of anilines is 1. The van der Waals surface area contributed by atoms with Gasteiger partial charge in [0, 0.05) is 13.1 Å². The van der Waals surface area contributed by atoms with Crippen molar-refractivity contribution in [3.05, 3.63) is 53.2 Å². The van der Waals surface area contributed by atoms with Crippen LogP contribution >= 0.6 is 11.6 Å². The highest BCUT2D eigenvalue weighted by Gasteiger charge is 2.14.